The van der Waals surface area contributed by atoms with E-state index in [-0.39, 0.29) is 11.5 Å². The average Bonchev–Trinajstić information content (AvgIpc) is 2.29. The molecular weight excluding hydrogens is 172 g/mol. The molecule has 0 atom stereocenters. The quantitative estimate of drug-likeness (QED) is 0.654. The van der Waals surface area contributed by atoms with Gasteiger partial charge in [-0.15, -0.1) is 11.3 Å². The van der Waals surface area contributed by atoms with Crippen molar-refractivity contribution < 1.29 is 10.2 Å². The standard InChI is InChI=1S/C9H8O2S/c1-5-9(11)8-6(10)3-2-4-7(8)12-5/h2-4,10-11H,1H3. The number of fused-ring (bicyclic) bond motifs is 1. The van der Waals surface area contributed by atoms with Crippen LogP contribution in [0, 0.1) is 6.92 Å². The molecule has 0 spiro atoms. The monoisotopic (exact) mass is 180 g/mol. The maximum absolute atomic E-state index is 9.53. The van der Waals surface area contributed by atoms with Gasteiger partial charge in [0.05, 0.1) is 5.39 Å². The number of hydrogen-bond donors (Lipinski definition) is 2. The highest BCUT2D eigenvalue weighted by Gasteiger charge is 2.10. The molecule has 2 nitrogen and oxygen atoms in total. The lowest BCUT2D eigenvalue weighted by atomic mass is 10.2. The fraction of sp³-hybridized carbons (Fsp3) is 0.111. The van der Waals surface area contributed by atoms with E-state index in [4.69, 9.17) is 0 Å². The van der Waals surface area contributed by atoms with Crippen molar-refractivity contribution >= 4 is 21.4 Å². The van der Waals surface area contributed by atoms with Crippen LogP contribution < -0.4 is 0 Å². The molecule has 0 bridgehead atoms. The third-order valence-corrected chi connectivity index (χ3v) is 2.90. The first kappa shape index (κ1) is 7.43. The second-order valence-corrected chi connectivity index (χ2v) is 3.91. The number of benzene rings is 1. The molecule has 1 aromatic heterocycles. The van der Waals surface area contributed by atoms with Crippen molar-refractivity contribution in [2.45, 2.75) is 6.92 Å². The summed E-state index contributed by atoms with van der Waals surface area (Å²) >= 11 is 1.48. The zero-order valence-electron chi connectivity index (χ0n) is 6.53. The molecule has 62 valence electrons. The minimum absolute atomic E-state index is 0.148. The van der Waals surface area contributed by atoms with Crippen LogP contribution in [0.25, 0.3) is 10.1 Å². The lowest BCUT2D eigenvalue weighted by molar-refractivity contribution is 0.463. The van der Waals surface area contributed by atoms with Gasteiger partial charge in [0.2, 0.25) is 0 Å². The minimum Gasteiger partial charge on any atom is -0.507 e. The van der Waals surface area contributed by atoms with E-state index in [2.05, 4.69) is 0 Å². The lowest BCUT2D eigenvalue weighted by Crippen LogP contribution is -1.66. The molecule has 0 unspecified atom stereocenters. The van der Waals surface area contributed by atoms with Crippen LogP contribution in [0.3, 0.4) is 0 Å². The number of hydrogen-bond acceptors (Lipinski definition) is 3. The Morgan fingerprint density at radius 1 is 1.25 bits per heavy atom. The van der Waals surface area contributed by atoms with E-state index in [0.29, 0.717) is 5.39 Å². The van der Waals surface area contributed by atoms with Crippen molar-refractivity contribution in [2.24, 2.45) is 0 Å². The summed E-state index contributed by atoms with van der Waals surface area (Å²) in [6.07, 6.45) is 0. The Morgan fingerprint density at radius 2 is 2.00 bits per heavy atom. The number of phenolic OH excluding ortho intramolecular Hbond substituents is 1. The zero-order chi connectivity index (χ0) is 8.72. The maximum Gasteiger partial charge on any atom is 0.140 e. The third kappa shape index (κ3) is 0.865. The third-order valence-electron chi connectivity index (χ3n) is 1.84. The van der Waals surface area contributed by atoms with Gasteiger partial charge >= 0.3 is 0 Å². The Morgan fingerprint density at radius 3 is 2.67 bits per heavy atom. The van der Waals surface area contributed by atoms with Gasteiger partial charge in [-0.05, 0) is 19.1 Å². The van der Waals surface area contributed by atoms with Crippen LogP contribution in [-0.2, 0) is 0 Å². The SMILES string of the molecule is Cc1sc2cccc(O)c2c1O. The van der Waals surface area contributed by atoms with Crippen LogP contribution in [-0.4, -0.2) is 10.2 Å². The predicted octanol–water partition coefficient (Wildman–Crippen LogP) is 2.62. The molecule has 1 heterocycles. The Labute approximate surface area is 73.7 Å². The number of rotatable bonds is 0. The molecule has 0 aliphatic heterocycles. The molecule has 2 N–H and O–H groups in total. The van der Waals surface area contributed by atoms with Crippen LogP contribution >= 0.6 is 11.3 Å². The van der Waals surface area contributed by atoms with Crippen LogP contribution in [0.15, 0.2) is 18.2 Å². The van der Waals surface area contributed by atoms with E-state index in [1.807, 2.05) is 13.0 Å². The smallest absolute Gasteiger partial charge is 0.140 e. The number of aryl methyl sites for hydroxylation is 1. The highest BCUT2D eigenvalue weighted by molar-refractivity contribution is 7.19. The molecule has 0 saturated heterocycles. The average molecular weight is 180 g/mol. The Hall–Kier alpha value is -1.22. The first-order valence-corrected chi connectivity index (χ1v) is 4.42. The Bertz CT molecular complexity index is 431. The van der Waals surface area contributed by atoms with Crippen LogP contribution in [0.1, 0.15) is 4.88 Å². The number of aromatic hydroxyl groups is 2. The van der Waals surface area contributed by atoms with Gasteiger partial charge in [0, 0.05) is 9.58 Å². The second kappa shape index (κ2) is 2.38. The summed E-state index contributed by atoms with van der Waals surface area (Å²) in [6, 6.07) is 5.23. The molecule has 0 amide bonds. The highest BCUT2D eigenvalue weighted by Crippen LogP contribution is 2.40. The van der Waals surface area contributed by atoms with E-state index < -0.39 is 0 Å². The van der Waals surface area contributed by atoms with Gasteiger partial charge in [-0.2, -0.15) is 0 Å². The molecule has 1 aromatic carbocycles. The first-order valence-electron chi connectivity index (χ1n) is 3.60. The Kier molecular flexibility index (Phi) is 1.48. The summed E-state index contributed by atoms with van der Waals surface area (Å²) in [6.45, 7) is 1.83. The maximum atomic E-state index is 9.53. The van der Waals surface area contributed by atoms with Gasteiger partial charge in [-0.1, -0.05) is 6.07 Å². The summed E-state index contributed by atoms with van der Waals surface area (Å²) in [4.78, 5) is 0.839. The molecule has 0 aliphatic rings. The van der Waals surface area contributed by atoms with Gasteiger partial charge in [0.15, 0.2) is 0 Å². The van der Waals surface area contributed by atoms with Gasteiger partial charge in [-0.3, -0.25) is 0 Å². The lowest BCUT2D eigenvalue weighted by Gasteiger charge is -1.94. The van der Waals surface area contributed by atoms with Gasteiger partial charge in [-0.25, -0.2) is 0 Å². The topological polar surface area (TPSA) is 40.5 Å². The normalized spacial score (nSPS) is 10.8. The van der Waals surface area contributed by atoms with Crippen molar-refractivity contribution in [3.8, 4) is 11.5 Å². The van der Waals surface area contributed by atoms with Gasteiger partial charge < -0.3 is 10.2 Å². The summed E-state index contributed by atoms with van der Waals surface area (Å²) < 4.78 is 0.921. The minimum atomic E-state index is 0.148. The molecule has 0 radical (unpaired) electrons. The fourth-order valence-corrected chi connectivity index (χ4v) is 2.21. The highest BCUT2D eigenvalue weighted by atomic mass is 32.1. The summed E-state index contributed by atoms with van der Waals surface area (Å²) in [5, 5.41) is 19.5. The van der Waals surface area contributed by atoms with E-state index >= 15 is 0 Å². The van der Waals surface area contributed by atoms with Crippen molar-refractivity contribution in [2.75, 3.05) is 0 Å². The summed E-state index contributed by atoms with van der Waals surface area (Å²) in [5.74, 6) is 0.349. The molecule has 12 heavy (non-hydrogen) atoms. The Balaban J connectivity index is 2.97. The van der Waals surface area contributed by atoms with E-state index in [1.165, 1.54) is 11.3 Å². The van der Waals surface area contributed by atoms with E-state index in [1.54, 1.807) is 12.1 Å². The van der Waals surface area contributed by atoms with Gasteiger partial charge in [0.1, 0.15) is 11.5 Å². The van der Waals surface area contributed by atoms with Crippen molar-refractivity contribution in [1.29, 1.82) is 0 Å². The molecule has 3 heteroatoms. The van der Waals surface area contributed by atoms with Crippen molar-refractivity contribution in [3.05, 3.63) is 23.1 Å². The molecule has 0 saturated carbocycles. The fourth-order valence-electron chi connectivity index (χ4n) is 1.23. The van der Waals surface area contributed by atoms with E-state index in [0.717, 1.165) is 9.58 Å². The number of phenols is 1. The molecule has 0 aliphatic carbocycles. The second-order valence-electron chi connectivity index (χ2n) is 2.66. The van der Waals surface area contributed by atoms with Gasteiger partial charge in [0.25, 0.3) is 0 Å². The molecular formula is C9H8O2S. The van der Waals surface area contributed by atoms with Crippen molar-refractivity contribution in [3.63, 3.8) is 0 Å². The summed E-state index contributed by atoms with van der Waals surface area (Å²) in [5.41, 5.74) is 0. The first-order chi connectivity index (χ1) is 5.70. The summed E-state index contributed by atoms with van der Waals surface area (Å²) in [7, 11) is 0. The zero-order valence-corrected chi connectivity index (χ0v) is 7.35. The van der Waals surface area contributed by atoms with E-state index in [9.17, 15) is 10.2 Å². The van der Waals surface area contributed by atoms with Crippen LogP contribution in [0.5, 0.6) is 11.5 Å². The molecule has 0 fully saturated rings. The van der Waals surface area contributed by atoms with Crippen LogP contribution in [0.2, 0.25) is 0 Å². The molecule has 2 rings (SSSR count). The predicted molar refractivity (Wildman–Crippen MR) is 49.9 cm³/mol. The van der Waals surface area contributed by atoms with Crippen molar-refractivity contribution in [1.82, 2.24) is 0 Å². The number of thiophene rings is 1. The van der Waals surface area contributed by atoms with Crippen LogP contribution in [0.4, 0.5) is 0 Å². The largest absolute Gasteiger partial charge is 0.507 e. The molecule has 2 aromatic rings.